The van der Waals surface area contributed by atoms with Crippen LogP contribution in [0.15, 0.2) is 6.07 Å². The number of fused-ring (bicyclic) bond motifs is 1. The highest BCUT2D eigenvalue weighted by molar-refractivity contribution is 5.49. The molecule has 1 N–H and O–H groups in total. The fourth-order valence-corrected chi connectivity index (χ4v) is 2.08. The molecule has 14 heavy (non-hydrogen) atoms. The van der Waals surface area contributed by atoms with Gasteiger partial charge in [0, 0.05) is 12.2 Å². The monoisotopic (exact) mass is 190 g/mol. The van der Waals surface area contributed by atoms with Crippen LogP contribution < -0.4 is 5.32 Å². The highest BCUT2D eigenvalue weighted by Gasteiger charge is 2.13. The zero-order valence-electron chi connectivity index (χ0n) is 9.22. The number of hydrogen-bond donors (Lipinski definition) is 1. The fourth-order valence-electron chi connectivity index (χ4n) is 2.08. The van der Waals surface area contributed by atoms with E-state index in [4.69, 9.17) is 0 Å². The largest absolute Gasteiger partial charge is 0.370 e. The summed E-state index contributed by atoms with van der Waals surface area (Å²) in [6.07, 6.45) is 2.41. The summed E-state index contributed by atoms with van der Waals surface area (Å²) in [6, 6.07) is 2.33. The first-order valence-corrected chi connectivity index (χ1v) is 5.43. The molecule has 0 saturated heterocycles. The van der Waals surface area contributed by atoms with Crippen LogP contribution in [0.5, 0.6) is 0 Å². The van der Waals surface area contributed by atoms with Crippen molar-refractivity contribution in [2.24, 2.45) is 0 Å². The molecule has 0 aromatic carbocycles. The maximum Gasteiger partial charge on any atom is 0.129 e. The Labute approximate surface area is 85.7 Å². The van der Waals surface area contributed by atoms with Gasteiger partial charge in [0.1, 0.15) is 5.82 Å². The average molecular weight is 190 g/mol. The number of pyridine rings is 1. The van der Waals surface area contributed by atoms with Crippen LogP contribution in [-0.2, 0) is 6.42 Å². The van der Waals surface area contributed by atoms with Crippen molar-refractivity contribution in [3.63, 3.8) is 0 Å². The van der Waals surface area contributed by atoms with Crippen molar-refractivity contribution in [3.8, 4) is 0 Å². The molecular formula is C12H18N2. The quantitative estimate of drug-likeness (QED) is 0.736. The Hall–Kier alpha value is -1.05. The summed E-state index contributed by atoms with van der Waals surface area (Å²) in [5.74, 6) is 1.69. The Morgan fingerprint density at radius 3 is 2.93 bits per heavy atom. The number of hydrogen-bond acceptors (Lipinski definition) is 2. The van der Waals surface area contributed by atoms with Crippen LogP contribution in [0.1, 0.15) is 43.0 Å². The zero-order valence-corrected chi connectivity index (χ0v) is 9.22. The predicted molar refractivity (Wildman–Crippen MR) is 59.9 cm³/mol. The fraction of sp³-hybridized carbons (Fsp3) is 0.583. The van der Waals surface area contributed by atoms with E-state index in [0.717, 1.165) is 12.4 Å². The van der Waals surface area contributed by atoms with Crippen LogP contribution in [0.3, 0.4) is 0 Å². The van der Waals surface area contributed by atoms with Gasteiger partial charge in [-0.3, -0.25) is 0 Å². The van der Waals surface area contributed by atoms with Crippen molar-refractivity contribution < 1.29 is 0 Å². The van der Waals surface area contributed by atoms with E-state index in [0.29, 0.717) is 5.92 Å². The second-order valence-corrected chi connectivity index (χ2v) is 4.36. The third kappa shape index (κ3) is 1.61. The van der Waals surface area contributed by atoms with Crippen LogP contribution in [0.25, 0.3) is 0 Å². The van der Waals surface area contributed by atoms with Gasteiger partial charge in [-0.1, -0.05) is 19.9 Å². The second-order valence-electron chi connectivity index (χ2n) is 4.36. The predicted octanol–water partition coefficient (Wildman–Crippen LogP) is 2.87. The molecule has 0 atom stereocenters. The number of aromatic nitrogens is 1. The van der Waals surface area contributed by atoms with Crippen LogP contribution >= 0.6 is 0 Å². The maximum atomic E-state index is 4.62. The number of rotatable bonds is 1. The lowest BCUT2D eigenvalue weighted by atomic mass is 9.97. The molecule has 1 aliphatic heterocycles. The Morgan fingerprint density at radius 2 is 2.21 bits per heavy atom. The topological polar surface area (TPSA) is 24.9 Å². The van der Waals surface area contributed by atoms with Gasteiger partial charge in [-0.2, -0.15) is 0 Å². The summed E-state index contributed by atoms with van der Waals surface area (Å²) in [6.45, 7) is 7.63. The van der Waals surface area contributed by atoms with Gasteiger partial charge in [0.05, 0.1) is 0 Å². The standard InChI is InChI=1S/C12H18N2/c1-8(2)11-7-10-5-4-6-13-12(10)14-9(11)3/h7-8H,4-6H2,1-3H3,(H,13,14). The summed E-state index contributed by atoms with van der Waals surface area (Å²) < 4.78 is 0. The molecule has 1 aromatic heterocycles. The molecule has 0 unspecified atom stereocenters. The van der Waals surface area contributed by atoms with Crippen LogP contribution in [0.2, 0.25) is 0 Å². The molecule has 0 aliphatic carbocycles. The molecule has 1 aliphatic rings. The normalized spacial score (nSPS) is 15.1. The van der Waals surface area contributed by atoms with E-state index in [2.05, 4.69) is 37.1 Å². The minimum absolute atomic E-state index is 0.578. The van der Waals surface area contributed by atoms with Crippen LogP contribution in [0, 0.1) is 6.92 Å². The van der Waals surface area contributed by atoms with E-state index >= 15 is 0 Å². The van der Waals surface area contributed by atoms with Gasteiger partial charge in [-0.25, -0.2) is 4.98 Å². The van der Waals surface area contributed by atoms with Gasteiger partial charge in [0.15, 0.2) is 0 Å². The second kappa shape index (κ2) is 3.60. The summed E-state index contributed by atoms with van der Waals surface area (Å²) >= 11 is 0. The molecule has 76 valence electrons. The van der Waals surface area contributed by atoms with Gasteiger partial charge >= 0.3 is 0 Å². The minimum Gasteiger partial charge on any atom is -0.370 e. The number of nitrogens with one attached hydrogen (secondary N) is 1. The molecule has 1 aromatic rings. The minimum atomic E-state index is 0.578. The number of aryl methyl sites for hydroxylation is 2. The Balaban J connectivity index is 2.45. The molecule has 2 heteroatoms. The Bertz CT molecular complexity index is 342. The highest BCUT2D eigenvalue weighted by Crippen LogP contribution is 2.26. The molecule has 2 rings (SSSR count). The smallest absolute Gasteiger partial charge is 0.129 e. The van der Waals surface area contributed by atoms with E-state index in [9.17, 15) is 0 Å². The van der Waals surface area contributed by atoms with Gasteiger partial charge < -0.3 is 5.32 Å². The maximum absolute atomic E-state index is 4.62. The van der Waals surface area contributed by atoms with E-state index in [1.165, 1.54) is 29.7 Å². The molecule has 0 saturated carbocycles. The Kier molecular flexibility index (Phi) is 2.44. The average Bonchev–Trinajstić information content (AvgIpc) is 2.16. The molecule has 0 bridgehead atoms. The molecule has 0 radical (unpaired) electrons. The summed E-state index contributed by atoms with van der Waals surface area (Å²) in [4.78, 5) is 4.62. The lowest BCUT2D eigenvalue weighted by Gasteiger charge is -2.20. The van der Waals surface area contributed by atoms with Crippen molar-refractivity contribution in [2.75, 3.05) is 11.9 Å². The molecular weight excluding hydrogens is 172 g/mol. The van der Waals surface area contributed by atoms with E-state index in [1.54, 1.807) is 0 Å². The molecule has 0 fully saturated rings. The van der Waals surface area contributed by atoms with E-state index in [-0.39, 0.29) is 0 Å². The van der Waals surface area contributed by atoms with Crippen molar-refractivity contribution in [1.29, 1.82) is 0 Å². The third-order valence-corrected chi connectivity index (χ3v) is 2.87. The van der Waals surface area contributed by atoms with Gasteiger partial charge in [0.2, 0.25) is 0 Å². The number of nitrogens with zero attached hydrogens (tertiary/aromatic N) is 1. The molecule has 2 heterocycles. The first-order valence-electron chi connectivity index (χ1n) is 5.43. The van der Waals surface area contributed by atoms with Gasteiger partial charge in [-0.05, 0) is 36.8 Å². The molecule has 2 nitrogen and oxygen atoms in total. The van der Waals surface area contributed by atoms with Crippen molar-refractivity contribution in [1.82, 2.24) is 4.98 Å². The van der Waals surface area contributed by atoms with Gasteiger partial charge in [0.25, 0.3) is 0 Å². The van der Waals surface area contributed by atoms with E-state index in [1.807, 2.05) is 0 Å². The zero-order chi connectivity index (χ0) is 10.1. The van der Waals surface area contributed by atoms with Crippen molar-refractivity contribution >= 4 is 5.82 Å². The third-order valence-electron chi connectivity index (χ3n) is 2.87. The lowest BCUT2D eigenvalue weighted by Crippen LogP contribution is -2.15. The summed E-state index contributed by atoms with van der Waals surface area (Å²) in [7, 11) is 0. The van der Waals surface area contributed by atoms with Gasteiger partial charge in [-0.15, -0.1) is 0 Å². The summed E-state index contributed by atoms with van der Waals surface area (Å²) in [5, 5.41) is 3.36. The first-order chi connectivity index (χ1) is 6.68. The first kappa shape index (κ1) is 9.50. The van der Waals surface area contributed by atoms with Crippen molar-refractivity contribution in [3.05, 3.63) is 22.9 Å². The lowest BCUT2D eigenvalue weighted by molar-refractivity contribution is 0.789. The van der Waals surface area contributed by atoms with Crippen molar-refractivity contribution in [2.45, 2.75) is 39.5 Å². The summed E-state index contributed by atoms with van der Waals surface area (Å²) in [5.41, 5.74) is 3.96. The molecule has 0 amide bonds. The molecule has 0 spiro atoms. The SMILES string of the molecule is Cc1nc2c(cc1C(C)C)CCCN2. The Morgan fingerprint density at radius 1 is 1.43 bits per heavy atom. The van der Waals surface area contributed by atoms with E-state index < -0.39 is 0 Å². The van der Waals surface area contributed by atoms with Crippen LogP contribution in [-0.4, -0.2) is 11.5 Å². The van der Waals surface area contributed by atoms with Crippen LogP contribution in [0.4, 0.5) is 5.82 Å². The number of anilines is 1. The highest BCUT2D eigenvalue weighted by atomic mass is 15.0.